The predicted octanol–water partition coefficient (Wildman–Crippen LogP) is 2.85. The number of phenols is 1. The first-order chi connectivity index (χ1) is 8.82. The van der Waals surface area contributed by atoms with E-state index in [4.69, 9.17) is 21.9 Å². The number of benzene rings is 1. The van der Waals surface area contributed by atoms with Gasteiger partial charge in [0.15, 0.2) is 0 Å². The predicted molar refractivity (Wildman–Crippen MR) is 73.0 cm³/mol. The standard InChI is InChI=1S/C13H16ClN3O2/c1-13(2,3)9-5-7(14)4-8(11(9)18)12-16-10(6-15)19-17-12/h4-5,18H,6,15H2,1-3H3. The summed E-state index contributed by atoms with van der Waals surface area (Å²) in [5.41, 5.74) is 6.35. The third-order valence-electron chi connectivity index (χ3n) is 2.77. The smallest absolute Gasteiger partial charge is 0.240 e. The van der Waals surface area contributed by atoms with Gasteiger partial charge in [0.2, 0.25) is 11.7 Å². The number of aromatic hydroxyl groups is 1. The molecule has 0 fully saturated rings. The maximum absolute atomic E-state index is 10.4. The quantitative estimate of drug-likeness (QED) is 0.884. The first kappa shape index (κ1) is 13.8. The highest BCUT2D eigenvalue weighted by atomic mass is 35.5. The molecule has 1 aromatic heterocycles. The Morgan fingerprint density at radius 3 is 2.58 bits per heavy atom. The van der Waals surface area contributed by atoms with Crippen LogP contribution in [0.5, 0.6) is 5.75 Å². The number of halogens is 1. The Labute approximate surface area is 116 Å². The molecule has 1 aromatic carbocycles. The Bertz CT molecular complexity index is 602. The van der Waals surface area contributed by atoms with Gasteiger partial charge in [0.1, 0.15) is 5.75 Å². The molecule has 6 heteroatoms. The summed E-state index contributed by atoms with van der Waals surface area (Å²) in [7, 11) is 0. The Morgan fingerprint density at radius 2 is 2.05 bits per heavy atom. The van der Waals surface area contributed by atoms with Crippen LogP contribution in [0.2, 0.25) is 5.02 Å². The normalized spacial score (nSPS) is 11.8. The first-order valence-corrected chi connectivity index (χ1v) is 6.26. The lowest BCUT2D eigenvalue weighted by Crippen LogP contribution is -2.11. The van der Waals surface area contributed by atoms with E-state index >= 15 is 0 Å². The maximum atomic E-state index is 10.4. The average Bonchev–Trinajstić information content (AvgIpc) is 2.78. The summed E-state index contributed by atoms with van der Waals surface area (Å²) in [6.45, 7) is 6.12. The highest BCUT2D eigenvalue weighted by Crippen LogP contribution is 2.39. The molecule has 0 spiro atoms. The molecular formula is C13H16ClN3O2. The molecule has 0 amide bonds. The van der Waals surface area contributed by atoms with Crippen LogP contribution >= 0.6 is 11.6 Å². The van der Waals surface area contributed by atoms with Crippen LogP contribution < -0.4 is 5.73 Å². The van der Waals surface area contributed by atoms with Crippen molar-refractivity contribution in [3.05, 3.63) is 28.6 Å². The van der Waals surface area contributed by atoms with Gasteiger partial charge >= 0.3 is 0 Å². The molecule has 102 valence electrons. The summed E-state index contributed by atoms with van der Waals surface area (Å²) in [5, 5.41) is 14.7. The fourth-order valence-corrected chi connectivity index (χ4v) is 2.01. The van der Waals surface area contributed by atoms with Gasteiger partial charge in [0.25, 0.3) is 0 Å². The maximum Gasteiger partial charge on any atom is 0.240 e. The van der Waals surface area contributed by atoms with Crippen molar-refractivity contribution < 1.29 is 9.63 Å². The zero-order chi connectivity index (χ0) is 14.2. The minimum absolute atomic E-state index is 0.112. The van der Waals surface area contributed by atoms with Gasteiger partial charge in [-0.15, -0.1) is 0 Å². The average molecular weight is 282 g/mol. The molecule has 0 aliphatic rings. The number of hydrogen-bond acceptors (Lipinski definition) is 5. The van der Waals surface area contributed by atoms with E-state index in [9.17, 15) is 5.11 Å². The second-order valence-corrected chi connectivity index (χ2v) is 5.75. The fraction of sp³-hybridized carbons (Fsp3) is 0.385. The van der Waals surface area contributed by atoms with Crippen molar-refractivity contribution in [2.45, 2.75) is 32.7 Å². The topological polar surface area (TPSA) is 85.2 Å². The van der Waals surface area contributed by atoms with Gasteiger partial charge in [-0.2, -0.15) is 4.98 Å². The van der Waals surface area contributed by atoms with Crippen molar-refractivity contribution in [3.8, 4) is 17.1 Å². The zero-order valence-corrected chi connectivity index (χ0v) is 11.8. The Morgan fingerprint density at radius 1 is 1.37 bits per heavy atom. The second-order valence-electron chi connectivity index (χ2n) is 5.32. The van der Waals surface area contributed by atoms with E-state index in [1.807, 2.05) is 20.8 Å². The number of rotatable bonds is 2. The molecule has 0 aliphatic heterocycles. The van der Waals surface area contributed by atoms with Crippen LogP contribution in [0.4, 0.5) is 0 Å². The van der Waals surface area contributed by atoms with Crippen LogP contribution in [-0.4, -0.2) is 15.2 Å². The van der Waals surface area contributed by atoms with Crippen molar-refractivity contribution >= 4 is 11.6 Å². The van der Waals surface area contributed by atoms with Crippen LogP contribution in [0.15, 0.2) is 16.7 Å². The van der Waals surface area contributed by atoms with Gasteiger partial charge in [-0.25, -0.2) is 0 Å². The number of aromatic nitrogens is 2. The Balaban J connectivity index is 2.61. The lowest BCUT2D eigenvalue weighted by Gasteiger charge is -2.21. The lowest BCUT2D eigenvalue weighted by molar-refractivity contribution is 0.380. The number of nitrogens with two attached hydrogens (primary N) is 1. The molecule has 5 nitrogen and oxygen atoms in total. The van der Waals surface area contributed by atoms with Crippen molar-refractivity contribution in [2.75, 3.05) is 0 Å². The molecule has 0 saturated heterocycles. The summed E-state index contributed by atoms with van der Waals surface area (Å²) in [4.78, 5) is 4.10. The van der Waals surface area contributed by atoms with E-state index in [1.54, 1.807) is 12.1 Å². The molecule has 0 atom stereocenters. The molecule has 0 aliphatic carbocycles. The van der Waals surface area contributed by atoms with Gasteiger partial charge in [-0.3, -0.25) is 0 Å². The zero-order valence-electron chi connectivity index (χ0n) is 11.1. The van der Waals surface area contributed by atoms with Gasteiger partial charge in [-0.05, 0) is 17.5 Å². The van der Waals surface area contributed by atoms with Crippen molar-refractivity contribution in [3.63, 3.8) is 0 Å². The summed E-state index contributed by atoms with van der Waals surface area (Å²) < 4.78 is 4.95. The van der Waals surface area contributed by atoms with Crippen molar-refractivity contribution in [1.29, 1.82) is 0 Å². The number of nitrogens with zero attached hydrogens (tertiary/aromatic N) is 2. The number of hydrogen-bond donors (Lipinski definition) is 2. The molecular weight excluding hydrogens is 266 g/mol. The van der Waals surface area contributed by atoms with Gasteiger partial charge < -0.3 is 15.4 Å². The molecule has 3 N–H and O–H groups in total. The molecule has 0 radical (unpaired) electrons. The molecule has 0 bridgehead atoms. The molecule has 0 unspecified atom stereocenters. The molecule has 19 heavy (non-hydrogen) atoms. The van der Waals surface area contributed by atoms with Crippen molar-refractivity contribution in [1.82, 2.24) is 10.1 Å². The van der Waals surface area contributed by atoms with E-state index < -0.39 is 0 Å². The highest BCUT2D eigenvalue weighted by Gasteiger charge is 2.23. The fourth-order valence-electron chi connectivity index (χ4n) is 1.79. The largest absolute Gasteiger partial charge is 0.507 e. The first-order valence-electron chi connectivity index (χ1n) is 5.89. The summed E-state index contributed by atoms with van der Waals surface area (Å²) in [6.07, 6.45) is 0. The monoisotopic (exact) mass is 281 g/mol. The van der Waals surface area contributed by atoms with E-state index in [-0.39, 0.29) is 23.5 Å². The highest BCUT2D eigenvalue weighted by molar-refractivity contribution is 6.31. The third-order valence-corrected chi connectivity index (χ3v) is 2.98. The van der Waals surface area contributed by atoms with E-state index in [0.717, 1.165) is 5.56 Å². The molecule has 1 heterocycles. The minimum Gasteiger partial charge on any atom is -0.507 e. The van der Waals surface area contributed by atoms with Crippen LogP contribution in [0.3, 0.4) is 0 Å². The van der Waals surface area contributed by atoms with Gasteiger partial charge in [-0.1, -0.05) is 37.5 Å². The van der Waals surface area contributed by atoms with Crippen LogP contribution in [-0.2, 0) is 12.0 Å². The van der Waals surface area contributed by atoms with E-state index in [2.05, 4.69) is 10.1 Å². The van der Waals surface area contributed by atoms with E-state index in [1.165, 1.54) is 0 Å². The SMILES string of the molecule is CC(C)(C)c1cc(Cl)cc(-c2noc(CN)n2)c1O. The van der Waals surface area contributed by atoms with Gasteiger partial charge in [0, 0.05) is 10.6 Å². The minimum atomic E-state index is -0.246. The van der Waals surface area contributed by atoms with Gasteiger partial charge in [0.05, 0.1) is 12.1 Å². The van der Waals surface area contributed by atoms with Crippen LogP contribution in [0.1, 0.15) is 32.2 Å². The third kappa shape index (κ3) is 2.72. The number of phenolic OH excluding ortho intramolecular Hbond substituents is 1. The van der Waals surface area contributed by atoms with E-state index in [0.29, 0.717) is 16.5 Å². The Kier molecular flexibility index (Phi) is 3.52. The van der Waals surface area contributed by atoms with Crippen LogP contribution in [0.25, 0.3) is 11.4 Å². The molecule has 2 rings (SSSR count). The second kappa shape index (κ2) is 4.83. The Hall–Kier alpha value is -1.59. The summed E-state index contributed by atoms with van der Waals surface area (Å²) in [5.74, 6) is 0.707. The summed E-state index contributed by atoms with van der Waals surface area (Å²) in [6, 6.07) is 3.35. The van der Waals surface area contributed by atoms with Crippen LogP contribution in [0, 0.1) is 0 Å². The molecule has 0 saturated carbocycles. The lowest BCUT2D eigenvalue weighted by atomic mass is 9.85. The van der Waals surface area contributed by atoms with Crippen molar-refractivity contribution in [2.24, 2.45) is 5.73 Å². The molecule has 2 aromatic rings. The summed E-state index contributed by atoms with van der Waals surface area (Å²) >= 11 is 6.10.